The van der Waals surface area contributed by atoms with Crippen molar-refractivity contribution < 1.29 is 44.9 Å². The van der Waals surface area contributed by atoms with Gasteiger partial charge in [-0.2, -0.15) is 0 Å². The highest BCUT2D eigenvalue weighted by atomic mass is 16.3. The second-order valence-corrected chi connectivity index (χ2v) is 33.7. The molecule has 0 N–H and O–H groups in total. The van der Waals surface area contributed by atoms with Crippen LogP contribution in [-0.2, 0) is 28.2 Å². The molecule has 15 heteroatoms. The van der Waals surface area contributed by atoms with E-state index in [2.05, 4.69) is 309 Å². The minimum absolute atomic E-state index is 0.275. The molecule has 0 amide bonds. The Morgan fingerprint density at radius 1 is 0.331 bits per heavy atom. The van der Waals surface area contributed by atoms with Crippen LogP contribution in [0.2, 0.25) is 0 Å². The minimum atomic E-state index is -2.25. The molecule has 24 aromatic rings. The monoisotopic (exact) mass is 1660 g/mol. The second kappa shape index (κ2) is 31.3. The van der Waals surface area contributed by atoms with Crippen molar-refractivity contribution in [3.05, 3.63) is 355 Å². The summed E-state index contributed by atoms with van der Waals surface area (Å²) < 4.78 is 65.9. The average molecular weight is 1660 g/mol. The molecule has 0 spiro atoms. The van der Waals surface area contributed by atoms with Gasteiger partial charge in [-0.3, -0.25) is 0 Å². The Labute approximate surface area is 737 Å². The molecule has 25 rings (SSSR count). The van der Waals surface area contributed by atoms with Crippen LogP contribution in [0.1, 0.15) is 55.5 Å². The normalized spacial score (nSPS) is 13.3. The first kappa shape index (κ1) is 75.2. The van der Waals surface area contributed by atoms with Crippen molar-refractivity contribution >= 4 is 169 Å². The SMILES string of the molecule is Cc1cc2c(oc3cc4ccccc4cc32)c(-c2cccn[n+]2C)c1C.Cc1ccc2c(oc3cc4ccccc4cc32)c1-n1ccc[n+]1C.Cc1ccc2c(oc3cc4ccccc4cc32)c1N1C=CN(C)[C@@H]1C.Cc1cn[n+](C)c(-c2c(C)ccc3c2oc2cc4ccccc4cc23)c1.[2H]C([2H])([2H])c1cc(C)c(-c2cccn[n+]2C)c2oc3cc4ccccc4cc3c12. The molecule has 618 valence electrons. The van der Waals surface area contributed by atoms with Gasteiger partial charge in [0.25, 0.3) is 0 Å². The van der Waals surface area contributed by atoms with E-state index in [0.29, 0.717) is 22.1 Å². The van der Waals surface area contributed by atoms with Gasteiger partial charge in [-0.05, 0) is 255 Å². The maximum absolute atomic E-state index is 8.12. The Morgan fingerprint density at radius 2 is 0.732 bits per heavy atom. The molecule has 0 bridgehead atoms. The standard InChI is InChI=1S/3C23H19N2O.C22H20N2O.C21H17N2O/c1-14-11-19-18-12-16-7-4-5-8-17(16)13-21(18)26-23(19)22(15(14)2)20-9-6-10-24-25(20)3;1-14-11-15(2)22(19-9-6-10-24-25(19)3)23-21(14)18-12-16-7-4-5-8-17(16)13-20(18)26-23;1-14-10-20(25(3)24-13-14)22-15(2)8-9-18-19-11-16-6-4-5-7-17(16)12-21(19)26-23(18)22;1-14-8-9-18-19-12-16-6-4-5-7-17(16)13-20(19)25-22(18)21(14)24-11-10-23(3)15(24)2;1-14-8-9-17-18-12-15-6-3-4-7-16(15)13-19(18)24-21(17)20(14)23-11-5-10-22(23)2/h3*4-13H,1-3H3;4-13,15H,1-3H3;3-13H,1-2H3/q3*+1;;+1/t;;;15-;/m...0./s1/i;1D3;;;. The first-order valence-electron chi connectivity index (χ1n) is 44.4. The van der Waals surface area contributed by atoms with E-state index in [1.54, 1.807) is 23.1 Å². The van der Waals surface area contributed by atoms with Gasteiger partial charge in [-0.15, -0.1) is 9.36 Å². The third kappa shape index (κ3) is 13.6. The quantitative estimate of drug-likeness (QED) is 0.153. The lowest BCUT2D eigenvalue weighted by Crippen LogP contribution is -2.37. The summed E-state index contributed by atoms with van der Waals surface area (Å²) in [6, 6.07) is 92.3. The van der Waals surface area contributed by atoms with Crippen LogP contribution in [0.25, 0.3) is 203 Å². The summed E-state index contributed by atoms with van der Waals surface area (Å²) in [5.41, 5.74) is 25.5. The second-order valence-electron chi connectivity index (χ2n) is 33.7. The lowest BCUT2D eigenvalue weighted by molar-refractivity contribution is -0.744. The number of anilines is 1. The zero-order valence-corrected chi connectivity index (χ0v) is 73.0. The number of aromatic nitrogens is 8. The highest BCUT2D eigenvalue weighted by Gasteiger charge is 2.30. The number of aryl methyl sites for hydroxylation is 11. The summed E-state index contributed by atoms with van der Waals surface area (Å²) in [5.74, 6) is 0. The fourth-order valence-corrected chi connectivity index (χ4v) is 18.7. The van der Waals surface area contributed by atoms with E-state index >= 15 is 0 Å². The van der Waals surface area contributed by atoms with E-state index in [9.17, 15) is 0 Å². The molecule has 1 aliphatic rings. The first-order chi connectivity index (χ1) is 62.9. The Kier molecular flexibility index (Phi) is 18.5. The van der Waals surface area contributed by atoms with E-state index in [0.717, 1.165) is 144 Å². The predicted octanol–water partition coefficient (Wildman–Crippen LogP) is 26.0. The number of rotatable bonds is 5. The largest absolute Gasteiger partial charge is 0.455 e. The summed E-state index contributed by atoms with van der Waals surface area (Å²) in [6.45, 7) is 14.7. The fourth-order valence-electron chi connectivity index (χ4n) is 18.7. The van der Waals surface area contributed by atoms with E-state index in [4.69, 9.17) is 26.2 Å². The zero-order valence-electron chi connectivity index (χ0n) is 76.0. The topological polar surface area (TPSA) is 131 Å². The lowest BCUT2D eigenvalue weighted by atomic mass is 9.96. The van der Waals surface area contributed by atoms with Crippen molar-refractivity contribution in [2.75, 3.05) is 11.9 Å². The van der Waals surface area contributed by atoms with Crippen molar-refractivity contribution in [3.8, 4) is 39.5 Å². The van der Waals surface area contributed by atoms with E-state index in [-0.39, 0.29) is 6.17 Å². The molecule has 0 aliphatic carbocycles. The highest BCUT2D eigenvalue weighted by molar-refractivity contribution is 6.19. The van der Waals surface area contributed by atoms with E-state index < -0.39 is 6.85 Å². The molecular weight excluding hydrogens is 1570 g/mol. The van der Waals surface area contributed by atoms with Crippen LogP contribution in [0.3, 0.4) is 0 Å². The minimum Gasteiger partial charge on any atom is -0.455 e. The van der Waals surface area contributed by atoms with Crippen molar-refractivity contribution in [2.45, 2.75) is 68.4 Å². The maximum Gasteiger partial charge on any atom is 0.243 e. The predicted molar refractivity (Wildman–Crippen MR) is 517 cm³/mol. The van der Waals surface area contributed by atoms with Gasteiger partial charge >= 0.3 is 0 Å². The highest BCUT2D eigenvalue weighted by Crippen LogP contribution is 2.46. The van der Waals surface area contributed by atoms with Crippen LogP contribution in [0, 0.1) is 55.3 Å². The molecule has 0 fully saturated rings. The molecule has 15 nitrogen and oxygen atoms in total. The Bertz CT molecular complexity index is 8790. The van der Waals surface area contributed by atoms with Crippen LogP contribution in [-0.4, -0.2) is 38.1 Å². The summed E-state index contributed by atoms with van der Waals surface area (Å²) in [6.07, 6.45) is 14.0. The molecule has 1 atom stereocenters. The van der Waals surface area contributed by atoms with Gasteiger partial charge in [-0.25, -0.2) is 0 Å². The van der Waals surface area contributed by atoms with Gasteiger partial charge in [-0.1, -0.05) is 178 Å². The first-order valence-corrected chi connectivity index (χ1v) is 42.9. The van der Waals surface area contributed by atoms with E-state index in [1.165, 1.54) is 87.1 Å². The van der Waals surface area contributed by atoms with Crippen LogP contribution in [0.5, 0.6) is 0 Å². The number of furan rings is 5. The summed E-state index contributed by atoms with van der Waals surface area (Å²) in [5, 5.41) is 35.8. The Balaban J connectivity index is 0.0000000985. The van der Waals surface area contributed by atoms with Gasteiger partial charge in [0.1, 0.15) is 50.8 Å². The number of hydrogen-bond donors (Lipinski definition) is 0. The molecule has 0 unspecified atom stereocenters. The van der Waals surface area contributed by atoms with Gasteiger partial charge < -0.3 is 31.9 Å². The molecule has 9 aromatic heterocycles. The van der Waals surface area contributed by atoms with Gasteiger partial charge in [0.2, 0.25) is 17.1 Å². The molecule has 15 aromatic carbocycles. The molecule has 127 heavy (non-hydrogen) atoms. The number of nitrogens with zero attached hydrogens (tertiary/aromatic N) is 10. The molecule has 0 saturated heterocycles. The van der Waals surface area contributed by atoms with Crippen LogP contribution in [0.4, 0.5) is 5.69 Å². The van der Waals surface area contributed by atoms with Gasteiger partial charge in [0.15, 0.2) is 51.2 Å². The van der Waals surface area contributed by atoms with Crippen molar-refractivity contribution in [2.24, 2.45) is 28.2 Å². The van der Waals surface area contributed by atoms with Crippen molar-refractivity contribution in [1.82, 2.24) is 24.9 Å². The third-order valence-electron chi connectivity index (χ3n) is 25.6. The fraction of sp³-hybridized carbons (Fsp3) is 0.134. The molecule has 0 saturated carbocycles. The van der Waals surface area contributed by atoms with Crippen LogP contribution < -0.4 is 23.6 Å². The zero-order chi connectivity index (χ0) is 89.4. The Hall–Kier alpha value is -15.6. The van der Waals surface area contributed by atoms with Gasteiger partial charge in [0, 0.05) is 102 Å². The number of hydrogen-bond acceptors (Lipinski definition) is 10. The molecule has 0 radical (unpaired) electrons. The Morgan fingerprint density at radius 3 is 1.20 bits per heavy atom. The van der Waals surface area contributed by atoms with Crippen LogP contribution >= 0.6 is 0 Å². The smallest absolute Gasteiger partial charge is 0.243 e. The lowest BCUT2D eigenvalue weighted by Gasteiger charge is -2.28. The van der Waals surface area contributed by atoms with E-state index in [1.807, 2.05) is 118 Å². The molecule has 1 aliphatic heterocycles. The summed E-state index contributed by atoms with van der Waals surface area (Å²) in [7, 11) is 9.95. The average Bonchev–Trinajstić information content (AvgIpc) is 1.58. The van der Waals surface area contributed by atoms with Crippen LogP contribution in [0.15, 0.2) is 332 Å². The summed E-state index contributed by atoms with van der Waals surface area (Å²) in [4.78, 5) is 4.50. The molecular formula is C112H94N10O5+4. The van der Waals surface area contributed by atoms with Gasteiger partial charge in [0.05, 0.1) is 47.2 Å². The number of benzene rings is 15. The van der Waals surface area contributed by atoms with Crippen molar-refractivity contribution in [3.63, 3.8) is 0 Å². The van der Waals surface area contributed by atoms with Crippen molar-refractivity contribution in [1.29, 1.82) is 0 Å². The molecule has 10 heterocycles. The number of fused-ring (bicyclic) bond motifs is 20. The maximum atomic E-state index is 8.12. The summed E-state index contributed by atoms with van der Waals surface area (Å²) >= 11 is 0. The third-order valence-corrected chi connectivity index (χ3v) is 25.6.